The molecule has 0 bridgehead atoms. The Morgan fingerprint density at radius 3 is 2.94 bits per heavy atom. The van der Waals surface area contributed by atoms with Gasteiger partial charge in [-0.15, -0.1) is 0 Å². The van der Waals surface area contributed by atoms with E-state index in [4.69, 9.17) is 16.1 Å². The zero-order valence-electron chi connectivity index (χ0n) is 10.4. The summed E-state index contributed by atoms with van der Waals surface area (Å²) in [7, 11) is 1.93. The van der Waals surface area contributed by atoms with E-state index in [-0.39, 0.29) is 0 Å². The maximum atomic E-state index is 5.77. The van der Waals surface area contributed by atoms with E-state index < -0.39 is 0 Å². The van der Waals surface area contributed by atoms with Crippen LogP contribution in [0.1, 0.15) is 19.2 Å². The first-order valence-electron chi connectivity index (χ1n) is 5.81. The molecule has 0 aliphatic rings. The van der Waals surface area contributed by atoms with Crippen molar-refractivity contribution in [1.82, 2.24) is 20.4 Å². The molecular formula is C12H15ClN4O. The fourth-order valence-electron chi connectivity index (χ4n) is 1.45. The molecule has 0 radical (unpaired) electrons. The lowest BCUT2D eigenvalue weighted by molar-refractivity contribution is 0.369. The molecule has 1 N–H and O–H groups in total. The predicted octanol–water partition coefficient (Wildman–Crippen LogP) is 2.33. The van der Waals surface area contributed by atoms with Crippen molar-refractivity contribution in [3.8, 4) is 11.5 Å². The fourth-order valence-corrected chi connectivity index (χ4v) is 1.56. The minimum absolute atomic E-state index is 0.425. The Morgan fingerprint density at radius 1 is 1.44 bits per heavy atom. The molecule has 0 saturated carbocycles. The molecule has 5 nitrogen and oxygen atoms in total. The van der Waals surface area contributed by atoms with Crippen LogP contribution in [0.4, 0.5) is 0 Å². The van der Waals surface area contributed by atoms with Gasteiger partial charge in [-0.05, 0) is 32.5 Å². The van der Waals surface area contributed by atoms with Crippen LogP contribution in [-0.2, 0) is 6.42 Å². The van der Waals surface area contributed by atoms with Crippen molar-refractivity contribution < 1.29 is 4.52 Å². The Labute approximate surface area is 111 Å². The smallest absolute Gasteiger partial charge is 0.227 e. The SMILES string of the molecule is CNC(C)CCc1nc(-c2ccc(Cl)cn2)no1. The Hall–Kier alpha value is -1.46. The Morgan fingerprint density at radius 2 is 2.28 bits per heavy atom. The molecular weight excluding hydrogens is 252 g/mol. The van der Waals surface area contributed by atoms with Crippen LogP contribution in [0, 0.1) is 0 Å². The van der Waals surface area contributed by atoms with Gasteiger partial charge in [0, 0.05) is 18.7 Å². The number of halogens is 1. The van der Waals surface area contributed by atoms with Crippen molar-refractivity contribution >= 4 is 11.6 Å². The second-order valence-electron chi connectivity index (χ2n) is 4.10. The highest BCUT2D eigenvalue weighted by atomic mass is 35.5. The largest absolute Gasteiger partial charge is 0.339 e. The maximum Gasteiger partial charge on any atom is 0.227 e. The lowest BCUT2D eigenvalue weighted by Gasteiger charge is -2.06. The monoisotopic (exact) mass is 266 g/mol. The molecule has 0 amide bonds. The van der Waals surface area contributed by atoms with Crippen molar-refractivity contribution in [2.45, 2.75) is 25.8 Å². The molecule has 0 aliphatic carbocycles. The van der Waals surface area contributed by atoms with Crippen LogP contribution in [0.25, 0.3) is 11.5 Å². The molecule has 2 heterocycles. The van der Waals surface area contributed by atoms with E-state index in [1.165, 1.54) is 0 Å². The highest BCUT2D eigenvalue weighted by molar-refractivity contribution is 6.30. The van der Waals surface area contributed by atoms with Gasteiger partial charge >= 0.3 is 0 Å². The molecule has 6 heteroatoms. The quantitative estimate of drug-likeness (QED) is 0.900. The number of pyridine rings is 1. The minimum atomic E-state index is 0.425. The molecule has 1 unspecified atom stereocenters. The van der Waals surface area contributed by atoms with E-state index in [1.807, 2.05) is 7.05 Å². The van der Waals surface area contributed by atoms with Crippen LogP contribution in [0.15, 0.2) is 22.9 Å². The van der Waals surface area contributed by atoms with Gasteiger partial charge in [0.2, 0.25) is 11.7 Å². The molecule has 2 aromatic rings. The van der Waals surface area contributed by atoms with Gasteiger partial charge in [-0.1, -0.05) is 16.8 Å². The normalized spacial score (nSPS) is 12.6. The van der Waals surface area contributed by atoms with Gasteiger partial charge in [0.25, 0.3) is 0 Å². The number of hydrogen-bond acceptors (Lipinski definition) is 5. The van der Waals surface area contributed by atoms with Gasteiger partial charge in [-0.2, -0.15) is 4.98 Å². The third-order valence-corrected chi connectivity index (χ3v) is 2.93. The van der Waals surface area contributed by atoms with Crippen LogP contribution in [0.3, 0.4) is 0 Å². The Balaban J connectivity index is 2.03. The van der Waals surface area contributed by atoms with E-state index in [0.717, 1.165) is 12.8 Å². The highest BCUT2D eigenvalue weighted by Crippen LogP contribution is 2.16. The van der Waals surface area contributed by atoms with Gasteiger partial charge in [0.15, 0.2) is 0 Å². The summed E-state index contributed by atoms with van der Waals surface area (Å²) in [6, 6.07) is 3.95. The molecule has 1 atom stereocenters. The zero-order chi connectivity index (χ0) is 13.0. The van der Waals surface area contributed by atoms with Gasteiger partial charge in [-0.25, -0.2) is 0 Å². The lowest BCUT2D eigenvalue weighted by atomic mass is 10.2. The zero-order valence-corrected chi connectivity index (χ0v) is 11.1. The number of aromatic nitrogens is 3. The molecule has 96 valence electrons. The number of rotatable bonds is 5. The first kappa shape index (κ1) is 13.0. The Bertz CT molecular complexity index is 497. The second kappa shape index (κ2) is 5.93. The molecule has 2 rings (SSSR count). The number of hydrogen-bond donors (Lipinski definition) is 1. The van der Waals surface area contributed by atoms with Crippen LogP contribution in [-0.4, -0.2) is 28.2 Å². The van der Waals surface area contributed by atoms with Crippen molar-refractivity contribution in [3.05, 3.63) is 29.2 Å². The molecule has 0 fully saturated rings. The number of aryl methyl sites for hydroxylation is 1. The third kappa shape index (κ3) is 3.27. The number of nitrogens with one attached hydrogen (secondary N) is 1. The Kier molecular flexibility index (Phi) is 4.28. The average molecular weight is 267 g/mol. The maximum absolute atomic E-state index is 5.77. The van der Waals surface area contributed by atoms with Crippen molar-refractivity contribution in [2.24, 2.45) is 0 Å². The van der Waals surface area contributed by atoms with Crippen molar-refractivity contribution in [2.75, 3.05) is 7.05 Å². The first-order valence-corrected chi connectivity index (χ1v) is 6.18. The van der Waals surface area contributed by atoms with Gasteiger partial charge in [0.1, 0.15) is 5.69 Å². The van der Waals surface area contributed by atoms with Gasteiger partial charge < -0.3 is 9.84 Å². The third-order valence-electron chi connectivity index (χ3n) is 2.71. The van der Waals surface area contributed by atoms with Crippen LogP contribution in [0.5, 0.6) is 0 Å². The summed E-state index contributed by atoms with van der Waals surface area (Å²) in [5.74, 6) is 1.13. The fraction of sp³-hybridized carbons (Fsp3) is 0.417. The van der Waals surface area contributed by atoms with Gasteiger partial charge in [-0.3, -0.25) is 4.98 Å². The van der Waals surface area contributed by atoms with Crippen molar-refractivity contribution in [1.29, 1.82) is 0 Å². The summed E-state index contributed by atoms with van der Waals surface area (Å²) < 4.78 is 5.18. The lowest BCUT2D eigenvalue weighted by Crippen LogP contribution is -2.21. The summed E-state index contributed by atoms with van der Waals surface area (Å²) in [5, 5.41) is 7.66. The molecule has 0 saturated heterocycles. The molecule has 18 heavy (non-hydrogen) atoms. The number of nitrogens with zero attached hydrogens (tertiary/aromatic N) is 3. The van der Waals surface area contributed by atoms with Crippen LogP contribution >= 0.6 is 11.6 Å². The first-order chi connectivity index (χ1) is 8.69. The summed E-state index contributed by atoms with van der Waals surface area (Å²) in [4.78, 5) is 8.45. The summed E-state index contributed by atoms with van der Waals surface area (Å²) in [6.45, 7) is 2.11. The predicted molar refractivity (Wildman–Crippen MR) is 69.4 cm³/mol. The standard InChI is InChI=1S/C12H15ClN4O/c1-8(14-2)3-6-11-16-12(17-18-11)10-5-4-9(13)7-15-10/h4-5,7-8,14H,3,6H2,1-2H3. The van der Waals surface area contributed by atoms with Crippen molar-refractivity contribution in [3.63, 3.8) is 0 Å². The average Bonchev–Trinajstić information content (AvgIpc) is 2.85. The summed E-state index contributed by atoms with van der Waals surface area (Å²) >= 11 is 5.77. The van der Waals surface area contributed by atoms with E-state index in [1.54, 1.807) is 18.3 Å². The highest BCUT2D eigenvalue weighted by Gasteiger charge is 2.10. The minimum Gasteiger partial charge on any atom is -0.339 e. The second-order valence-corrected chi connectivity index (χ2v) is 4.54. The molecule has 2 aromatic heterocycles. The van der Waals surface area contributed by atoms with E-state index in [0.29, 0.717) is 28.5 Å². The van der Waals surface area contributed by atoms with Gasteiger partial charge in [0.05, 0.1) is 5.02 Å². The molecule has 0 aliphatic heterocycles. The molecule has 0 aromatic carbocycles. The topological polar surface area (TPSA) is 63.8 Å². The van der Waals surface area contributed by atoms with E-state index >= 15 is 0 Å². The van der Waals surface area contributed by atoms with Crippen LogP contribution in [0.2, 0.25) is 5.02 Å². The molecule has 0 spiro atoms. The van der Waals surface area contributed by atoms with E-state index in [9.17, 15) is 0 Å². The van der Waals surface area contributed by atoms with Crippen LogP contribution < -0.4 is 5.32 Å². The summed E-state index contributed by atoms with van der Waals surface area (Å²) in [5.41, 5.74) is 0.663. The summed E-state index contributed by atoms with van der Waals surface area (Å²) in [6.07, 6.45) is 3.27. The van der Waals surface area contributed by atoms with E-state index in [2.05, 4.69) is 27.4 Å².